The van der Waals surface area contributed by atoms with Crippen molar-refractivity contribution in [1.82, 2.24) is 4.98 Å². The van der Waals surface area contributed by atoms with E-state index in [4.69, 9.17) is 10.5 Å². The molecule has 0 aliphatic carbocycles. The van der Waals surface area contributed by atoms with Gasteiger partial charge in [-0.15, -0.1) is 0 Å². The first kappa shape index (κ1) is 13.1. The summed E-state index contributed by atoms with van der Waals surface area (Å²) in [7, 11) is 1.56. The van der Waals surface area contributed by atoms with Crippen molar-refractivity contribution in [3.05, 3.63) is 47.4 Å². The Morgan fingerprint density at radius 1 is 1.32 bits per heavy atom. The number of aromatic nitrogens is 1. The fraction of sp³-hybridized carbons (Fsp3) is 0.214. The number of nitrogen functional groups attached to an aromatic ring is 1. The Bertz CT molecular complexity index is 587. The van der Waals surface area contributed by atoms with E-state index in [1.165, 1.54) is 12.1 Å². The molecule has 5 heteroatoms. The Hall–Kier alpha value is -2.30. The second kappa shape index (κ2) is 5.56. The van der Waals surface area contributed by atoms with Crippen LogP contribution in [0.15, 0.2) is 30.3 Å². The molecule has 0 spiro atoms. The summed E-state index contributed by atoms with van der Waals surface area (Å²) in [5.74, 6) is 1.04. The number of methoxy groups -OCH3 is 1. The first-order valence-corrected chi connectivity index (χ1v) is 5.89. The van der Waals surface area contributed by atoms with Crippen molar-refractivity contribution in [2.24, 2.45) is 0 Å². The molecule has 0 aliphatic rings. The molecule has 0 atom stereocenters. The number of hydrogen-bond donors (Lipinski definition) is 2. The first-order valence-electron chi connectivity index (χ1n) is 5.89. The molecular weight excluding hydrogens is 245 g/mol. The monoisotopic (exact) mass is 261 g/mol. The van der Waals surface area contributed by atoms with Gasteiger partial charge in [0.15, 0.2) is 0 Å². The predicted molar refractivity (Wildman–Crippen MR) is 73.7 cm³/mol. The van der Waals surface area contributed by atoms with Crippen molar-refractivity contribution in [2.75, 3.05) is 18.2 Å². The van der Waals surface area contributed by atoms with Crippen LogP contribution in [0, 0.1) is 12.7 Å². The zero-order chi connectivity index (χ0) is 13.8. The molecule has 0 unspecified atom stereocenters. The number of hydrogen-bond acceptors (Lipinski definition) is 4. The van der Waals surface area contributed by atoms with Crippen LogP contribution in [-0.4, -0.2) is 12.1 Å². The molecule has 0 saturated carbocycles. The average molecular weight is 261 g/mol. The third kappa shape index (κ3) is 3.13. The fourth-order valence-electron chi connectivity index (χ4n) is 1.74. The second-order valence-electron chi connectivity index (χ2n) is 4.18. The summed E-state index contributed by atoms with van der Waals surface area (Å²) < 4.78 is 18.4. The van der Waals surface area contributed by atoms with Crippen molar-refractivity contribution in [1.29, 1.82) is 0 Å². The molecule has 0 amide bonds. The zero-order valence-electron chi connectivity index (χ0n) is 10.9. The maximum atomic E-state index is 13.2. The third-order valence-electron chi connectivity index (χ3n) is 2.83. The van der Waals surface area contributed by atoms with Gasteiger partial charge >= 0.3 is 0 Å². The lowest BCUT2D eigenvalue weighted by molar-refractivity contribution is 0.409. The van der Waals surface area contributed by atoms with Gasteiger partial charge in [0.2, 0.25) is 0 Å². The number of halogens is 1. The van der Waals surface area contributed by atoms with Gasteiger partial charge in [0.05, 0.1) is 18.5 Å². The summed E-state index contributed by atoms with van der Waals surface area (Å²) in [6, 6.07) is 7.99. The van der Waals surface area contributed by atoms with Gasteiger partial charge in [-0.2, -0.15) is 0 Å². The van der Waals surface area contributed by atoms with Gasteiger partial charge in [0, 0.05) is 12.1 Å². The number of rotatable bonds is 4. The summed E-state index contributed by atoms with van der Waals surface area (Å²) in [4.78, 5) is 4.30. The van der Waals surface area contributed by atoms with E-state index in [9.17, 15) is 4.39 Å². The molecule has 4 nitrogen and oxygen atoms in total. The molecule has 100 valence electrons. The Morgan fingerprint density at radius 2 is 2.11 bits per heavy atom. The molecule has 19 heavy (non-hydrogen) atoms. The molecular formula is C14H16FN3O. The smallest absolute Gasteiger partial charge is 0.126 e. The molecule has 0 aliphatic heterocycles. The van der Waals surface area contributed by atoms with E-state index in [1.807, 2.05) is 6.92 Å². The highest BCUT2D eigenvalue weighted by Gasteiger charge is 2.05. The van der Waals surface area contributed by atoms with Crippen LogP contribution in [0.2, 0.25) is 0 Å². The normalized spacial score (nSPS) is 10.3. The number of ether oxygens (including phenoxy) is 1. The molecule has 1 aromatic carbocycles. The van der Waals surface area contributed by atoms with Gasteiger partial charge in [0.25, 0.3) is 0 Å². The molecule has 0 bridgehead atoms. The standard InChI is InChI=1S/C14H16FN3O/c1-9-12(16)4-6-14(18-9)17-8-10-7-11(15)3-5-13(10)19-2/h3-7H,8,16H2,1-2H3,(H,17,18). The number of nitrogens with zero attached hydrogens (tertiary/aromatic N) is 1. The maximum absolute atomic E-state index is 13.2. The highest BCUT2D eigenvalue weighted by atomic mass is 19.1. The molecule has 3 N–H and O–H groups in total. The van der Waals surface area contributed by atoms with Crippen molar-refractivity contribution < 1.29 is 9.13 Å². The average Bonchev–Trinajstić information content (AvgIpc) is 2.40. The minimum Gasteiger partial charge on any atom is -0.496 e. The van der Waals surface area contributed by atoms with Crippen LogP contribution in [0.5, 0.6) is 5.75 Å². The lowest BCUT2D eigenvalue weighted by Crippen LogP contribution is -2.05. The van der Waals surface area contributed by atoms with Crippen LogP contribution in [0.25, 0.3) is 0 Å². The van der Waals surface area contributed by atoms with Crippen molar-refractivity contribution >= 4 is 11.5 Å². The lowest BCUT2D eigenvalue weighted by Gasteiger charge is -2.11. The lowest BCUT2D eigenvalue weighted by atomic mass is 10.2. The Balaban J connectivity index is 2.13. The number of benzene rings is 1. The van der Waals surface area contributed by atoms with Crippen LogP contribution in [0.4, 0.5) is 15.9 Å². The second-order valence-corrected chi connectivity index (χ2v) is 4.18. The van der Waals surface area contributed by atoms with E-state index in [0.717, 1.165) is 11.3 Å². The molecule has 2 rings (SSSR count). The number of nitrogens with two attached hydrogens (primary N) is 1. The van der Waals surface area contributed by atoms with Gasteiger partial charge in [-0.25, -0.2) is 9.37 Å². The Kier molecular flexibility index (Phi) is 3.85. The Morgan fingerprint density at radius 3 is 2.79 bits per heavy atom. The molecule has 0 radical (unpaired) electrons. The zero-order valence-corrected chi connectivity index (χ0v) is 10.9. The predicted octanol–water partition coefficient (Wildman–Crippen LogP) is 2.73. The molecule has 0 fully saturated rings. The highest BCUT2D eigenvalue weighted by Crippen LogP contribution is 2.20. The number of aryl methyl sites for hydroxylation is 1. The fourth-order valence-corrected chi connectivity index (χ4v) is 1.74. The van der Waals surface area contributed by atoms with E-state index < -0.39 is 0 Å². The minimum absolute atomic E-state index is 0.293. The number of nitrogens with one attached hydrogen (secondary N) is 1. The molecule has 0 saturated heterocycles. The summed E-state index contributed by atoms with van der Waals surface area (Å²) in [6.07, 6.45) is 0. The highest BCUT2D eigenvalue weighted by molar-refractivity contribution is 5.49. The van der Waals surface area contributed by atoms with Crippen molar-refractivity contribution in [3.8, 4) is 5.75 Å². The summed E-state index contributed by atoms with van der Waals surface area (Å²) in [5.41, 5.74) is 7.84. The van der Waals surface area contributed by atoms with Gasteiger partial charge in [-0.3, -0.25) is 0 Å². The molecule has 2 aromatic rings. The SMILES string of the molecule is COc1ccc(F)cc1CNc1ccc(N)c(C)n1. The van der Waals surface area contributed by atoms with E-state index in [1.54, 1.807) is 25.3 Å². The van der Waals surface area contributed by atoms with Gasteiger partial charge < -0.3 is 15.8 Å². The van der Waals surface area contributed by atoms with Crippen molar-refractivity contribution in [3.63, 3.8) is 0 Å². The van der Waals surface area contributed by atoms with Gasteiger partial charge in [-0.05, 0) is 37.3 Å². The molecule has 1 aromatic heterocycles. The summed E-state index contributed by atoms with van der Waals surface area (Å²) in [5, 5.41) is 3.12. The van der Waals surface area contributed by atoms with Crippen LogP contribution < -0.4 is 15.8 Å². The molecule has 1 heterocycles. The van der Waals surface area contributed by atoms with Gasteiger partial charge in [-0.1, -0.05) is 0 Å². The van der Waals surface area contributed by atoms with Crippen LogP contribution in [0.1, 0.15) is 11.3 Å². The van der Waals surface area contributed by atoms with Crippen LogP contribution >= 0.6 is 0 Å². The van der Waals surface area contributed by atoms with Crippen molar-refractivity contribution in [2.45, 2.75) is 13.5 Å². The van der Waals surface area contributed by atoms with E-state index >= 15 is 0 Å². The number of anilines is 2. The minimum atomic E-state index is -0.293. The summed E-state index contributed by atoms with van der Waals surface area (Å²) >= 11 is 0. The largest absolute Gasteiger partial charge is 0.496 e. The van der Waals surface area contributed by atoms with E-state index in [0.29, 0.717) is 23.8 Å². The van der Waals surface area contributed by atoms with Gasteiger partial charge in [0.1, 0.15) is 17.4 Å². The number of pyridine rings is 1. The third-order valence-corrected chi connectivity index (χ3v) is 2.83. The first-order chi connectivity index (χ1) is 9.10. The van der Waals surface area contributed by atoms with E-state index in [-0.39, 0.29) is 5.82 Å². The topological polar surface area (TPSA) is 60.2 Å². The van der Waals surface area contributed by atoms with Crippen LogP contribution in [-0.2, 0) is 6.54 Å². The van der Waals surface area contributed by atoms with E-state index in [2.05, 4.69) is 10.3 Å². The van der Waals surface area contributed by atoms with Crippen LogP contribution in [0.3, 0.4) is 0 Å². The summed E-state index contributed by atoms with van der Waals surface area (Å²) in [6.45, 7) is 2.26. The quantitative estimate of drug-likeness (QED) is 0.888. The maximum Gasteiger partial charge on any atom is 0.126 e. The Labute approximate surface area is 111 Å².